The monoisotopic (exact) mass is 774 g/mol. The molecule has 4 aliphatic carbocycles. The van der Waals surface area contributed by atoms with Crippen molar-refractivity contribution in [3.05, 3.63) is 239 Å². The quantitative estimate of drug-likeness (QED) is 0.161. The molecule has 1 aromatic heterocycles. The van der Waals surface area contributed by atoms with Gasteiger partial charge in [-0.25, -0.2) is 0 Å². The highest BCUT2D eigenvalue weighted by Crippen LogP contribution is 2.54. The van der Waals surface area contributed by atoms with Crippen molar-refractivity contribution in [3.63, 3.8) is 0 Å². The Morgan fingerprint density at radius 3 is 2.28 bits per heavy atom. The Labute approximate surface area is 354 Å². The van der Waals surface area contributed by atoms with Crippen molar-refractivity contribution < 1.29 is 4.42 Å². The zero-order valence-electron chi connectivity index (χ0n) is 34.0. The van der Waals surface area contributed by atoms with Gasteiger partial charge in [0.05, 0.1) is 17.3 Å². The lowest BCUT2D eigenvalue weighted by atomic mass is 9.80. The van der Waals surface area contributed by atoms with Crippen molar-refractivity contribution in [3.8, 4) is 0 Å². The van der Waals surface area contributed by atoms with Gasteiger partial charge in [-0.1, -0.05) is 147 Å². The summed E-state index contributed by atoms with van der Waals surface area (Å²) in [4.78, 5) is 4.96. The van der Waals surface area contributed by atoms with Gasteiger partial charge in [-0.05, 0) is 119 Å². The highest BCUT2D eigenvalue weighted by molar-refractivity contribution is 5.88. The SMILES string of the molecule is CC1C=C(c2ccccc2)C=CC1c1ccc(N(c2ccc(N3c4c#cccc4C4C=CC=CC43C)cc2)C2CC(c3ccccc3)=Cc3c2oc2c3CC=CC=C2)cc1. The van der Waals surface area contributed by atoms with Crippen LogP contribution < -0.4 is 9.80 Å². The first-order valence-electron chi connectivity index (χ1n) is 21.3. The number of nitrogens with zero attached hydrogens (tertiary/aromatic N) is 2. The molecule has 1 aliphatic heterocycles. The van der Waals surface area contributed by atoms with Crippen LogP contribution in [0.3, 0.4) is 0 Å². The smallest absolute Gasteiger partial charge is 0.135 e. The van der Waals surface area contributed by atoms with Gasteiger partial charge in [0.15, 0.2) is 0 Å². The second-order valence-corrected chi connectivity index (χ2v) is 16.9. The number of allylic oxidation sites excluding steroid dienone is 9. The number of fused-ring (bicyclic) bond motifs is 6. The molecule has 60 heavy (non-hydrogen) atoms. The Morgan fingerprint density at radius 2 is 1.52 bits per heavy atom. The molecule has 0 N–H and O–H groups in total. The summed E-state index contributed by atoms with van der Waals surface area (Å²) in [6.07, 6.45) is 28.7. The van der Waals surface area contributed by atoms with Crippen molar-refractivity contribution in [1.29, 1.82) is 0 Å². The number of hydrogen-bond donors (Lipinski definition) is 0. The highest BCUT2D eigenvalue weighted by Gasteiger charge is 2.47. The van der Waals surface area contributed by atoms with Crippen LogP contribution in [0.15, 0.2) is 187 Å². The molecule has 11 rings (SSSR count). The molecular weight excluding hydrogens is 729 g/mol. The molecule has 6 aromatic rings. The third-order valence-electron chi connectivity index (χ3n) is 13.3. The lowest BCUT2D eigenvalue weighted by Gasteiger charge is -2.39. The van der Waals surface area contributed by atoms with E-state index in [9.17, 15) is 0 Å². The molecule has 0 spiro atoms. The minimum Gasteiger partial charge on any atom is -0.459 e. The number of anilines is 4. The van der Waals surface area contributed by atoms with Gasteiger partial charge in [-0.3, -0.25) is 0 Å². The van der Waals surface area contributed by atoms with Crippen LogP contribution in [0.1, 0.15) is 83.0 Å². The van der Waals surface area contributed by atoms with Gasteiger partial charge in [0.2, 0.25) is 0 Å². The number of hydrogen-bond acceptors (Lipinski definition) is 3. The summed E-state index contributed by atoms with van der Waals surface area (Å²) in [7, 11) is 0. The van der Waals surface area contributed by atoms with E-state index in [1.165, 1.54) is 44.5 Å². The average Bonchev–Trinajstić information content (AvgIpc) is 3.67. The molecule has 0 amide bonds. The van der Waals surface area contributed by atoms with Gasteiger partial charge in [-0.2, -0.15) is 0 Å². The van der Waals surface area contributed by atoms with Gasteiger partial charge in [0.1, 0.15) is 11.5 Å². The summed E-state index contributed by atoms with van der Waals surface area (Å²) in [6, 6.07) is 50.9. The third kappa shape index (κ3) is 6.06. The summed E-state index contributed by atoms with van der Waals surface area (Å²) >= 11 is 0. The van der Waals surface area contributed by atoms with Crippen molar-refractivity contribution >= 4 is 46.0 Å². The second kappa shape index (κ2) is 14.7. The highest BCUT2D eigenvalue weighted by atomic mass is 16.3. The van der Waals surface area contributed by atoms with E-state index in [1.807, 2.05) is 6.07 Å². The van der Waals surface area contributed by atoms with Crippen LogP contribution in [0.5, 0.6) is 0 Å². The molecule has 5 atom stereocenters. The lowest BCUT2D eigenvalue weighted by Crippen LogP contribution is -2.41. The van der Waals surface area contributed by atoms with E-state index in [2.05, 4.69) is 224 Å². The first kappa shape index (κ1) is 36.1. The zero-order chi connectivity index (χ0) is 40.2. The minimum atomic E-state index is -0.247. The molecule has 0 bridgehead atoms. The fourth-order valence-electron chi connectivity index (χ4n) is 10.3. The van der Waals surface area contributed by atoms with E-state index in [1.54, 1.807) is 0 Å². The van der Waals surface area contributed by atoms with E-state index in [-0.39, 0.29) is 17.5 Å². The molecule has 5 aliphatic rings. The molecule has 2 heterocycles. The number of furan rings is 1. The largest absolute Gasteiger partial charge is 0.459 e. The van der Waals surface area contributed by atoms with Gasteiger partial charge < -0.3 is 14.2 Å². The van der Waals surface area contributed by atoms with Gasteiger partial charge in [-0.15, -0.1) is 0 Å². The van der Waals surface area contributed by atoms with Crippen LogP contribution in [-0.4, -0.2) is 5.54 Å². The molecule has 5 unspecified atom stereocenters. The summed E-state index contributed by atoms with van der Waals surface area (Å²) in [6.45, 7) is 4.67. The van der Waals surface area contributed by atoms with Crippen LogP contribution in [0.25, 0.3) is 23.3 Å². The Kier molecular flexibility index (Phi) is 8.82. The molecule has 3 nitrogen and oxygen atoms in total. The second-order valence-electron chi connectivity index (χ2n) is 16.9. The molecule has 0 radical (unpaired) electrons. The van der Waals surface area contributed by atoms with Crippen LogP contribution in [0.2, 0.25) is 0 Å². The number of rotatable bonds is 7. The molecule has 0 fully saturated rings. The fourth-order valence-corrected chi connectivity index (χ4v) is 10.3. The zero-order valence-corrected chi connectivity index (χ0v) is 34.0. The summed E-state index contributed by atoms with van der Waals surface area (Å²) in [5.74, 6) is 2.86. The fraction of sp³-hybridized carbons (Fsp3) is 0.158. The van der Waals surface area contributed by atoms with Crippen molar-refractivity contribution in [2.24, 2.45) is 5.92 Å². The van der Waals surface area contributed by atoms with Crippen LogP contribution in [0.4, 0.5) is 22.7 Å². The van der Waals surface area contributed by atoms with E-state index in [0.717, 1.165) is 47.1 Å². The summed E-state index contributed by atoms with van der Waals surface area (Å²) < 4.78 is 6.97. The van der Waals surface area contributed by atoms with Gasteiger partial charge >= 0.3 is 0 Å². The summed E-state index contributed by atoms with van der Waals surface area (Å²) in [5, 5.41) is 0. The molecule has 0 saturated carbocycles. The molecule has 5 aromatic carbocycles. The van der Waals surface area contributed by atoms with Crippen molar-refractivity contribution in [2.45, 2.75) is 50.1 Å². The summed E-state index contributed by atoms with van der Waals surface area (Å²) in [5.41, 5.74) is 14.4. The van der Waals surface area contributed by atoms with Gasteiger partial charge in [0, 0.05) is 46.4 Å². The van der Waals surface area contributed by atoms with E-state index < -0.39 is 0 Å². The predicted octanol–water partition coefficient (Wildman–Crippen LogP) is 14.3. The van der Waals surface area contributed by atoms with Gasteiger partial charge in [0.25, 0.3) is 0 Å². The Balaban J connectivity index is 1.01. The molecule has 0 saturated heterocycles. The Bertz CT molecular complexity index is 2790. The average molecular weight is 775 g/mol. The molecule has 3 heteroatoms. The van der Waals surface area contributed by atoms with E-state index in [4.69, 9.17) is 4.42 Å². The van der Waals surface area contributed by atoms with E-state index >= 15 is 0 Å². The Morgan fingerprint density at radius 1 is 0.767 bits per heavy atom. The van der Waals surface area contributed by atoms with Crippen LogP contribution in [-0.2, 0) is 6.42 Å². The minimum absolute atomic E-state index is 0.0881. The lowest BCUT2D eigenvalue weighted by molar-refractivity contribution is 0.456. The Hall–Kier alpha value is -7.02. The van der Waals surface area contributed by atoms with Crippen LogP contribution >= 0.6 is 0 Å². The van der Waals surface area contributed by atoms with Crippen LogP contribution in [0, 0.1) is 18.1 Å². The van der Waals surface area contributed by atoms with Crippen molar-refractivity contribution in [2.75, 3.05) is 9.80 Å². The maximum Gasteiger partial charge on any atom is 0.135 e. The number of benzene rings is 4. The topological polar surface area (TPSA) is 19.6 Å². The standard InChI is InChI=1S/C57H46N2O/c1-39-36-43(40-16-6-3-7-17-40)27-34-48(39)42-25-28-45(29-26-42)58(46-30-32-47(33-31-46)59-53-23-13-12-21-50(53)52-22-14-15-35-57(52,59)2)54-38-44(41-18-8-4-9-19-41)37-51-49-20-10-5-11-24-55(49)60-56(51)54/h3-12,14-19,21-22,24-37,39,48,52,54H,20,38H2,1-2H3. The normalized spacial score (nSPS) is 23.1. The molecular formula is C57H46N2O. The maximum absolute atomic E-state index is 6.97. The molecule has 290 valence electrons. The van der Waals surface area contributed by atoms with Crippen molar-refractivity contribution in [1.82, 2.24) is 0 Å². The third-order valence-corrected chi connectivity index (χ3v) is 13.3. The maximum atomic E-state index is 6.97. The first-order chi connectivity index (χ1) is 29.5. The van der Waals surface area contributed by atoms with E-state index in [0.29, 0.717) is 11.8 Å². The predicted molar refractivity (Wildman–Crippen MR) is 248 cm³/mol. The first-order valence-corrected chi connectivity index (χ1v) is 21.3.